The standard InChI is InChI=1S/C16H18N2O4/c1-21-16-10-6-5-9-14(16)15(11-18(19)20)17-22-12-13-7-3-2-4-8-13/h2-10,15,17H,11-12H2,1H3. The number of hydroxylamine groups is 1. The van der Waals surface area contributed by atoms with Gasteiger partial charge in [-0.3, -0.25) is 15.0 Å². The molecule has 0 saturated carbocycles. The third-order valence-corrected chi connectivity index (χ3v) is 3.15. The predicted molar refractivity (Wildman–Crippen MR) is 82.0 cm³/mol. The van der Waals surface area contributed by atoms with Crippen LogP contribution in [-0.2, 0) is 11.4 Å². The monoisotopic (exact) mass is 302 g/mol. The van der Waals surface area contributed by atoms with Crippen LogP contribution in [0, 0.1) is 10.1 Å². The summed E-state index contributed by atoms with van der Waals surface area (Å²) in [5, 5.41) is 10.9. The number of nitrogens with zero attached hydrogens (tertiary/aromatic N) is 1. The summed E-state index contributed by atoms with van der Waals surface area (Å²) in [7, 11) is 1.53. The number of rotatable bonds is 8. The highest BCUT2D eigenvalue weighted by atomic mass is 16.7. The van der Waals surface area contributed by atoms with Crippen LogP contribution >= 0.6 is 0 Å². The maximum Gasteiger partial charge on any atom is 0.225 e. The summed E-state index contributed by atoms with van der Waals surface area (Å²) in [5.74, 6) is 0.588. The molecule has 2 aromatic rings. The van der Waals surface area contributed by atoms with Crippen LogP contribution in [0.4, 0.5) is 0 Å². The molecular formula is C16H18N2O4. The molecule has 0 radical (unpaired) electrons. The SMILES string of the molecule is COc1ccccc1C(C[N+](=O)[O-])NOCc1ccccc1. The Labute approximate surface area is 128 Å². The fourth-order valence-electron chi connectivity index (χ4n) is 2.10. The maximum atomic E-state index is 10.9. The summed E-state index contributed by atoms with van der Waals surface area (Å²) in [5.41, 5.74) is 4.44. The highest BCUT2D eigenvalue weighted by molar-refractivity contribution is 5.35. The fourth-order valence-corrected chi connectivity index (χ4v) is 2.10. The summed E-state index contributed by atoms with van der Waals surface area (Å²) in [6, 6.07) is 16.2. The second-order valence-corrected chi connectivity index (χ2v) is 4.70. The fraction of sp³-hybridized carbons (Fsp3) is 0.250. The molecule has 0 aliphatic rings. The Bertz CT molecular complexity index is 604. The Balaban J connectivity index is 2.04. The summed E-state index contributed by atoms with van der Waals surface area (Å²) in [6.45, 7) is 0.0271. The number of ether oxygens (including phenoxy) is 1. The van der Waals surface area contributed by atoms with Crippen molar-refractivity contribution in [2.75, 3.05) is 13.7 Å². The van der Waals surface area contributed by atoms with Gasteiger partial charge in [-0.15, -0.1) is 0 Å². The van der Waals surface area contributed by atoms with E-state index < -0.39 is 6.04 Å². The van der Waals surface area contributed by atoms with Crippen molar-refractivity contribution in [1.29, 1.82) is 0 Å². The first-order chi connectivity index (χ1) is 10.7. The van der Waals surface area contributed by atoms with Crippen molar-refractivity contribution in [2.45, 2.75) is 12.6 Å². The van der Waals surface area contributed by atoms with Crippen molar-refractivity contribution in [1.82, 2.24) is 5.48 Å². The molecular weight excluding hydrogens is 284 g/mol. The van der Waals surface area contributed by atoms with Crippen LogP contribution in [0.2, 0.25) is 0 Å². The first-order valence-corrected chi connectivity index (χ1v) is 6.86. The average Bonchev–Trinajstić information content (AvgIpc) is 2.54. The molecule has 0 aromatic heterocycles. The normalized spacial score (nSPS) is 11.9. The minimum Gasteiger partial charge on any atom is -0.496 e. The van der Waals surface area contributed by atoms with E-state index in [1.807, 2.05) is 42.5 Å². The summed E-state index contributed by atoms with van der Waals surface area (Å²) in [6.07, 6.45) is 0. The van der Waals surface area contributed by atoms with Crippen molar-refractivity contribution in [2.24, 2.45) is 0 Å². The van der Waals surface area contributed by atoms with Gasteiger partial charge in [0.1, 0.15) is 11.8 Å². The lowest BCUT2D eigenvalue weighted by molar-refractivity contribution is -0.486. The van der Waals surface area contributed by atoms with E-state index in [9.17, 15) is 10.1 Å². The summed E-state index contributed by atoms with van der Waals surface area (Å²) >= 11 is 0. The Morgan fingerprint density at radius 1 is 1.14 bits per heavy atom. The van der Waals surface area contributed by atoms with Crippen LogP contribution in [0.1, 0.15) is 17.2 Å². The van der Waals surface area contributed by atoms with Crippen molar-refractivity contribution >= 4 is 0 Å². The second kappa shape index (κ2) is 8.11. The van der Waals surface area contributed by atoms with Crippen LogP contribution in [0.5, 0.6) is 5.75 Å². The van der Waals surface area contributed by atoms with Gasteiger partial charge in [-0.25, -0.2) is 0 Å². The Hall–Kier alpha value is -2.44. The van der Waals surface area contributed by atoms with Gasteiger partial charge in [-0.05, 0) is 11.6 Å². The largest absolute Gasteiger partial charge is 0.496 e. The smallest absolute Gasteiger partial charge is 0.225 e. The van der Waals surface area contributed by atoms with Gasteiger partial charge in [-0.1, -0.05) is 48.5 Å². The van der Waals surface area contributed by atoms with E-state index in [1.165, 1.54) is 7.11 Å². The van der Waals surface area contributed by atoms with Crippen LogP contribution in [0.3, 0.4) is 0 Å². The molecule has 1 atom stereocenters. The molecule has 0 bridgehead atoms. The third kappa shape index (κ3) is 4.54. The minimum atomic E-state index is -0.588. The Kier molecular flexibility index (Phi) is 5.88. The summed E-state index contributed by atoms with van der Waals surface area (Å²) < 4.78 is 5.25. The lowest BCUT2D eigenvalue weighted by atomic mass is 10.1. The molecule has 1 unspecified atom stereocenters. The zero-order valence-corrected chi connectivity index (χ0v) is 12.3. The van der Waals surface area contributed by atoms with E-state index in [0.717, 1.165) is 5.56 Å². The molecule has 0 saturated heterocycles. The lowest BCUT2D eigenvalue weighted by Gasteiger charge is -2.17. The first kappa shape index (κ1) is 15.9. The molecule has 0 spiro atoms. The van der Waals surface area contributed by atoms with E-state index in [-0.39, 0.29) is 11.5 Å². The predicted octanol–water partition coefficient (Wildman–Crippen LogP) is 2.73. The van der Waals surface area contributed by atoms with Crippen LogP contribution in [-0.4, -0.2) is 18.6 Å². The molecule has 2 aromatic carbocycles. The number of para-hydroxylation sites is 1. The molecule has 0 aliphatic carbocycles. The van der Waals surface area contributed by atoms with Gasteiger partial charge in [0.05, 0.1) is 13.7 Å². The van der Waals surface area contributed by atoms with Crippen LogP contribution < -0.4 is 10.2 Å². The zero-order valence-electron chi connectivity index (χ0n) is 12.3. The van der Waals surface area contributed by atoms with E-state index in [0.29, 0.717) is 17.9 Å². The molecule has 2 rings (SSSR count). The number of methoxy groups -OCH3 is 1. The minimum absolute atomic E-state index is 0.296. The van der Waals surface area contributed by atoms with Crippen molar-refractivity contribution in [3.63, 3.8) is 0 Å². The van der Waals surface area contributed by atoms with E-state index in [2.05, 4.69) is 5.48 Å². The molecule has 0 amide bonds. The maximum absolute atomic E-state index is 10.9. The second-order valence-electron chi connectivity index (χ2n) is 4.70. The number of benzene rings is 2. The highest BCUT2D eigenvalue weighted by Gasteiger charge is 2.21. The Morgan fingerprint density at radius 2 is 1.82 bits per heavy atom. The Morgan fingerprint density at radius 3 is 2.50 bits per heavy atom. The number of nitrogens with one attached hydrogen (secondary N) is 1. The van der Waals surface area contributed by atoms with Crippen LogP contribution in [0.25, 0.3) is 0 Å². The molecule has 22 heavy (non-hydrogen) atoms. The molecule has 1 N–H and O–H groups in total. The highest BCUT2D eigenvalue weighted by Crippen LogP contribution is 2.25. The number of nitro groups is 1. The molecule has 116 valence electrons. The third-order valence-electron chi connectivity index (χ3n) is 3.15. The lowest BCUT2D eigenvalue weighted by Crippen LogP contribution is -2.28. The van der Waals surface area contributed by atoms with E-state index in [1.54, 1.807) is 12.1 Å². The van der Waals surface area contributed by atoms with E-state index in [4.69, 9.17) is 9.57 Å². The molecule has 0 fully saturated rings. The number of hydrogen-bond acceptors (Lipinski definition) is 5. The van der Waals surface area contributed by atoms with Gasteiger partial charge in [0.15, 0.2) is 0 Å². The van der Waals surface area contributed by atoms with Gasteiger partial charge in [0.25, 0.3) is 0 Å². The van der Waals surface area contributed by atoms with Crippen LogP contribution in [0.15, 0.2) is 54.6 Å². The molecule has 0 aliphatic heterocycles. The van der Waals surface area contributed by atoms with Crippen molar-refractivity contribution in [3.05, 3.63) is 75.8 Å². The van der Waals surface area contributed by atoms with Crippen molar-refractivity contribution in [3.8, 4) is 5.75 Å². The van der Waals surface area contributed by atoms with Gasteiger partial charge in [0.2, 0.25) is 6.54 Å². The van der Waals surface area contributed by atoms with E-state index >= 15 is 0 Å². The van der Waals surface area contributed by atoms with Gasteiger partial charge in [0, 0.05) is 10.5 Å². The zero-order chi connectivity index (χ0) is 15.8. The molecule has 0 heterocycles. The van der Waals surface area contributed by atoms with Gasteiger partial charge < -0.3 is 4.74 Å². The number of hydrogen-bond donors (Lipinski definition) is 1. The first-order valence-electron chi connectivity index (χ1n) is 6.86. The average molecular weight is 302 g/mol. The molecule has 6 heteroatoms. The topological polar surface area (TPSA) is 73.6 Å². The van der Waals surface area contributed by atoms with Gasteiger partial charge >= 0.3 is 0 Å². The summed E-state index contributed by atoms with van der Waals surface area (Å²) in [4.78, 5) is 15.9. The quantitative estimate of drug-likeness (QED) is 0.599. The van der Waals surface area contributed by atoms with Gasteiger partial charge in [-0.2, -0.15) is 5.48 Å². The molecule has 6 nitrogen and oxygen atoms in total. The van der Waals surface area contributed by atoms with Crippen molar-refractivity contribution < 1.29 is 14.5 Å².